The highest BCUT2D eigenvalue weighted by molar-refractivity contribution is 6.03. The number of hydrogen-bond acceptors (Lipinski definition) is 7. The fraction of sp³-hybridized carbons (Fsp3) is 0.212. The standard InChI is InChI=1S/C33H28F3N3O7/c1-20(40)38-24-6-3-7-26(15-24)44-18-27-17-39(16-21-4-2-5-23(14-21)33(34,35)36)32(43)30-28(46-27)12-13-37-31(30)22-8-10-25(11-9-22)45-19-29(41)42/h2-15,27H,16-19H2,1H3,(H,38,40)(H,41,42). The lowest BCUT2D eigenvalue weighted by Crippen LogP contribution is -2.39. The van der Waals surface area contributed by atoms with Crippen LogP contribution in [0.4, 0.5) is 18.9 Å². The van der Waals surface area contributed by atoms with Crippen molar-refractivity contribution in [3.63, 3.8) is 0 Å². The van der Waals surface area contributed by atoms with Gasteiger partial charge in [-0.2, -0.15) is 13.2 Å². The van der Waals surface area contributed by atoms with Gasteiger partial charge in [-0.25, -0.2) is 4.79 Å². The molecule has 0 fully saturated rings. The monoisotopic (exact) mass is 635 g/mol. The summed E-state index contributed by atoms with van der Waals surface area (Å²) in [5.41, 5.74) is 0.804. The van der Waals surface area contributed by atoms with Crippen LogP contribution in [0.2, 0.25) is 0 Å². The molecule has 1 aliphatic rings. The van der Waals surface area contributed by atoms with Crippen LogP contribution in [0.1, 0.15) is 28.4 Å². The highest BCUT2D eigenvalue weighted by Crippen LogP contribution is 2.35. The third kappa shape index (κ3) is 7.92. The summed E-state index contributed by atoms with van der Waals surface area (Å²) in [6.45, 7) is 0.622. The zero-order valence-electron chi connectivity index (χ0n) is 24.4. The minimum atomic E-state index is -4.56. The van der Waals surface area contributed by atoms with Gasteiger partial charge in [0.25, 0.3) is 5.91 Å². The number of carboxylic acid groups (broad SMARTS) is 1. The fourth-order valence-electron chi connectivity index (χ4n) is 4.87. The van der Waals surface area contributed by atoms with Crippen LogP contribution in [0.15, 0.2) is 85.1 Å². The number of alkyl halides is 3. The molecule has 10 nitrogen and oxygen atoms in total. The maximum atomic E-state index is 14.1. The Morgan fingerprint density at radius 2 is 1.78 bits per heavy atom. The van der Waals surface area contributed by atoms with E-state index in [0.29, 0.717) is 22.7 Å². The molecule has 1 unspecified atom stereocenters. The largest absolute Gasteiger partial charge is 0.490 e. The van der Waals surface area contributed by atoms with E-state index in [1.165, 1.54) is 48.4 Å². The van der Waals surface area contributed by atoms with Gasteiger partial charge < -0.3 is 29.5 Å². The quantitative estimate of drug-likeness (QED) is 0.228. The van der Waals surface area contributed by atoms with Crippen LogP contribution in [-0.2, 0) is 22.3 Å². The van der Waals surface area contributed by atoms with Gasteiger partial charge in [0.05, 0.1) is 17.8 Å². The number of rotatable bonds is 10. The van der Waals surface area contributed by atoms with Crippen LogP contribution < -0.4 is 19.5 Å². The number of aliphatic carboxylic acids is 1. The number of pyridine rings is 1. The Hall–Kier alpha value is -5.59. The lowest BCUT2D eigenvalue weighted by Gasteiger charge is -2.25. The van der Waals surface area contributed by atoms with Gasteiger partial charge in [0, 0.05) is 37.0 Å². The average Bonchev–Trinajstić information content (AvgIpc) is 3.14. The molecule has 5 rings (SSSR count). The SMILES string of the molecule is CC(=O)Nc1cccc(OCC2CN(Cc3cccc(C(F)(F)F)c3)C(=O)c3c(ccnc3-c3ccc(OCC(=O)O)cc3)O2)c1. The summed E-state index contributed by atoms with van der Waals surface area (Å²) in [4.78, 5) is 42.3. The van der Waals surface area contributed by atoms with Gasteiger partial charge in [0.15, 0.2) is 12.7 Å². The number of anilines is 1. The first-order valence-corrected chi connectivity index (χ1v) is 14.0. The molecule has 2 N–H and O–H groups in total. The zero-order valence-corrected chi connectivity index (χ0v) is 24.4. The van der Waals surface area contributed by atoms with E-state index >= 15 is 0 Å². The highest BCUT2D eigenvalue weighted by Gasteiger charge is 2.34. The van der Waals surface area contributed by atoms with Gasteiger partial charge in [-0.05, 0) is 60.2 Å². The Morgan fingerprint density at radius 1 is 1.02 bits per heavy atom. The maximum Gasteiger partial charge on any atom is 0.416 e. The van der Waals surface area contributed by atoms with Crippen LogP contribution in [0.3, 0.4) is 0 Å². The summed E-state index contributed by atoms with van der Waals surface area (Å²) >= 11 is 0. The van der Waals surface area contributed by atoms with E-state index in [9.17, 15) is 27.6 Å². The predicted octanol–water partition coefficient (Wildman–Crippen LogP) is 5.67. The second-order valence-corrected chi connectivity index (χ2v) is 10.4. The van der Waals surface area contributed by atoms with Crippen LogP contribution in [0.25, 0.3) is 11.3 Å². The van der Waals surface area contributed by atoms with Gasteiger partial charge in [0.1, 0.15) is 29.4 Å². The van der Waals surface area contributed by atoms with Crippen molar-refractivity contribution >= 4 is 23.5 Å². The summed E-state index contributed by atoms with van der Waals surface area (Å²) in [5.74, 6) is -0.985. The Bertz CT molecular complexity index is 1750. The Balaban J connectivity index is 1.47. The summed E-state index contributed by atoms with van der Waals surface area (Å²) in [6, 6.07) is 19.3. The Kier molecular flexibility index (Phi) is 9.40. The molecule has 238 valence electrons. The molecule has 0 saturated carbocycles. The number of ether oxygens (including phenoxy) is 3. The van der Waals surface area contributed by atoms with Crippen LogP contribution in [-0.4, -0.2) is 58.6 Å². The van der Waals surface area contributed by atoms with Crippen molar-refractivity contribution < 1.29 is 46.9 Å². The zero-order chi connectivity index (χ0) is 32.8. The van der Waals surface area contributed by atoms with Crippen molar-refractivity contribution in [2.45, 2.75) is 25.7 Å². The molecule has 1 aromatic heterocycles. The second kappa shape index (κ2) is 13.6. The molecular formula is C33H28F3N3O7. The summed E-state index contributed by atoms with van der Waals surface area (Å²) in [7, 11) is 0. The van der Waals surface area contributed by atoms with Gasteiger partial charge in [-0.15, -0.1) is 0 Å². The van der Waals surface area contributed by atoms with Crippen LogP contribution >= 0.6 is 0 Å². The van der Waals surface area contributed by atoms with Crippen molar-refractivity contribution in [1.82, 2.24) is 9.88 Å². The topological polar surface area (TPSA) is 127 Å². The highest BCUT2D eigenvalue weighted by atomic mass is 19.4. The smallest absolute Gasteiger partial charge is 0.416 e. The first kappa shape index (κ1) is 31.8. The lowest BCUT2D eigenvalue weighted by atomic mass is 10.0. The van der Waals surface area contributed by atoms with E-state index in [-0.39, 0.29) is 48.2 Å². The van der Waals surface area contributed by atoms with Crippen LogP contribution in [0.5, 0.6) is 17.2 Å². The molecule has 0 bridgehead atoms. The van der Waals surface area contributed by atoms with Gasteiger partial charge in [-0.1, -0.05) is 18.2 Å². The number of nitrogens with zero attached hydrogens (tertiary/aromatic N) is 2. The maximum absolute atomic E-state index is 14.1. The van der Waals surface area contributed by atoms with E-state index < -0.39 is 36.3 Å². The molecule has 1 atom stereocenters. The Morgan fingerprint density at radius 3 is 2.50 bits per heavy atom. The summed E-state index contributed by atoms with van der Waals surface area (Å²) < 4.78 is 57.9. The van der Waals surface area contributed by atoms with E-state index in [0.717, 1.165) is 12.1 Å². The van der Waals surface area contributed by atoms with Crippen molar-refractivity contribution in [3.05, 3.63) is 102 Å². The second-order valence-electron chi connectivity index (χ2n) is 10.4. The number of carboxylic acids is 1. The molecule has 3 aromatic carbocycles. The van der Waals surface area contributed by atoms with Gasteiger partial charge in [-0.3, -0.25) is 14.6 Å². The summed E-state index contributed by atoms with van der Waals surface area (Å²) in [5, 5.41) is 11.6. The molecule has 2 heterocycles. The molecule has 0 radical (unpaired) electrons. The molecule has 0 spiro atoms. The third-order valence-electron chi connectivity index (χ3n) is 6.84. The van der Waals surface area contributed by atoms with Crippen molar-refractivity contribution in [2.24, 2.45) is 0 Å². The first-order valence-electron chi connectivity index (χ1n) is 14.0. The van der Waals surface area contributed by atoms with Crippen molar-refractivity contribution in [3.8, 4) is 28.5 Å². The number of fused-ring (bicyclic) bond motifs is 1. The van der Waals surface area contributed by atoms with Gasteiger partial charge in [0.2, 0.25) is 5.91 Å². The minimum Gasteiger partial charge on any atom is -0.490 e. The fourth-order valence-corrected chi connectivity index (χ4v) is 4.87. The number of carbonyl (C=O) groups excluding carboxylic acids is 2. The molecular weight excluding hydrogens is 607 g/mol. The number of aromatic nitrogens is 1. The van der Waals surface area contributed by atoms with Crippen molar-refractivity contribution in [2.75, 3.05) is 25.1 Å². The number of hydrogen-bond donors (Lipinski definition) is 2. The third-order valence-corrected chi connectivity index (χ3v) is 6.84. The molecule has 4 aromatic rings. The average molecular weight is 636 g/mol. The lowest BCUT2D eigenvalue weighted by molar-refractivity contribution is -0.139. The molecule has 1 aliphatic heterocycles. The molecule has 2 amide bonds. The van der Waals surface area contributed by atoms with E-state index in [1.54, 1.807) is 36.4 Å². The first-order chi connectivity index (χ1) is 22.0. The number of nitrogens with one attached hydrogen (secondary N) is 1. The molecule has 13 heteroatoms. The van der Waals surface area contributed by atoms with Gasteiger partial charge >= 0.3 is 12.1 Å². The molecule has 0 saturated heterocycles. The van der Waals surface area contributed by atoms with E-state index in [4.69, 9.17) is 19.3 Å². The number of halogens is 3. The van der Waals surface area contributed by atoms with Crippen molar-refractivity contribution in [1.29, 1.82) is 0 Å². The molecule has 46 heavy (non-hydrogen) atoms. The van der Waals surface area contributed by atoms with E-state index in [1.807, 2.05) is 0 Å². The normalized spacial score (nSPS) is 14.5. The predicted molar refractivity (Wildman–Crippen MR) is 160 cm³/mol. The summed E-state index contributed by atoms with van der Waals surface area (Å²) in [6.07, 6.45) is -3.84. The Labute approximate surface area is 261 Å². The molecule has 0 aliphatic carbocycles. The number of benzene rings is 3. The number of carbonyl (C=O) groups is 3. The van der Waals surface area contributed by atoms with E-state index in [2.05, 4.69) is 10.3 Å². The minimum absolute atomic E-state index is 0.0312. The van der Waals surface area contributed by atoms with Crippen LogP contribution in [0, 0.1) is 0 Å². The number of amides is 2.